The molecule has 1 aliphatic rings. The zero-order valence-electron chi connectivity index (χ0n) is 16.5. The first-order valence-electron chi connectivity index (χ1n) is 9.55. The lowest BCUT2D eigenvalue weighted by Crippen LogP contribution is -2.35. The van der Waals surface area contributed by atoms with E-state index >= 15 is 0 Å². The summed E-state index contributed by atoms with van der Waals surface area (Å²) >= 11 is 0. The normalized spacial score (nSPS) is 13.8. The van der Waals surface area contributed by atoms with Crippen LogP contribution >= 0.6 is 0 Å². The third-order valence-electron chi connectivity index (χ3n) is 5.37. The van der Waals surface area contributed by atoms with Gasteiger partial charge in [0.15, 0.2) is 0 Å². The lowest BCUT2D eigenvalue weighted by atomic mass is 9.96. The highest BCUT2D eigenvalue weighted by Crippen LogP contribution is 2.36. The molecule has 1 heterocycles. The molecule has 0 bridgehead atoms. The van der Waals surface area contributed by atoms with Gasteiger partial charge in [0.1, 0.15) is 11.3 Å². The zero-order valence-corrected chi connectivity index (χ0v) is 17.4. The van der Waals surface area contributed by atoms with Crippen LogP contribution in [0.2, 0.25) is 0 Å². The number of carbonyl (C=O) groups excluding carboxylic acids is 1. The fourth-order valence-corrected chi connectivity index (χ4v) is 5.36. The Hall–Kier alpha value is -3.20. The zero-order chi connectivity index (χ0) is 21.6. The van der Waals surface area contributed by atoms with Crippen LogP contribution in [-0.4, -0.2) is 19.2 Å². The average Bonchev–Trinajstić information content (AvgIpc) is 3.05. The van der Waals surface area contributed by atoms with Crippen molar-refractivity contribution in [1.29, 1.82) is 0 Å². The lowest BCUT2D eigenvalue weighted by Gasteiger charge is -2.21. The van der Waals surface area contributed by atoms with E-state index in [0.29, 0.717) is 15.5 Å². The monoisotopic (exact) mass is 428 g/mol. The molecule has 0 saturated carbocycles. The number of benzene rings is 2. The number of sulfonamides is 1. The van der Waals surface area contributed by atoms with Crippen molar-refractivity contribution in [3.63, 3.8) is 0 Å². The van der Waals surface area contributed by atoms with Gasteiger partial charge in [0.2, 0.25) is 5.91 Å². The average molecular weight is 428 g/mol. The van der Waals surface area contributed by atoms with Crippen LogP contribution in [0.4, 0.5) is 11.4 Å². The first-order valence-corrected chi connectivity index (χ1v) is 11.0. The third kappa shape index (κ3) is 3.24. The standard InChI is InChI=1S/C21H20N2O6S/c1-13-7-9-16(12-19(13)23(25)26)30(27,28)22(14(2)24)15-8-10-21-18(11-15)17-5-3-4-6-20(17)29-21/h7-12H,3-6H2,1-2H3. The first kappa shape index (κ1) is 20.1. The molecule has 0 N–H and O–H groups in total. The van der Waals surface area contributed by atoms with Gasteiger partial charge in [0, 0.05) is 35.9 Å². The summed E-state index contributed by atoms with van der Waals surface area (Å²) in [5.41, 5.74) is 1.88. The molecule has 4 rings (SSSR count). The van der Waals surface area contributed by atoms with Crippen molar-refractivity contribution in [2.75, 3.05) is 4.31 Å². The molecule has 156 valence electrons. The summed E-state index contributed by atoms with van der Waals surface area (Å²) in [4.78, 5) is 22.7. The van der Waals surface area contributed by atoms with Crippen LogP contribution in [0.1, 0.15) is 36.7 Å². The second-order valence-corrected chi connectivity index (χ2v) is 9.17. The number of nitro benzene ring substituents is 1. The second-order valence-electron chi connectivity index (χ2n) is 7.39. The van der Waals surface area contributed by atoms with Crippen molar-refractivity contribution in [2.24, 2.45) is 0 Å². The number of nitro groups is 1. The molecule has 9 heteroatoms. The smallest absolute Gasteiger partial charge is 0.273 e. The predicted molar refractivity (Wildman–Crippen MR) is 111 cm³/mol. The molecule has 8 nitrogen and oxygen atoms in total. The Morgan fingerprint density at radius 1 is 1.13 bits per heavy atom. The van der Waals surface area contributed by atoms with E-state index in [2.05, 4.69) is 0 Å². The van der Waals surface area contributed by atoms with Gasteiger partial charge in [-0.3, -0.25) is 14.9 Å². The van der Waals surface area contributed by atoms with Crippen molar-refractivity contribution in [2.45, 2.75) is 44.4 Å². The van der Waals surface area contributed by atoms with E-state index < -0.39 is 20.9 Å². The van der Waals surface area contributed by atoms with Gasteiger partial charge < -0.3 is 4.42 Å². The maximum Gasteiger partial charge on any atom is 0.273 e. The van der Waals surface area contributed by atoms with Crippen LogP contribution in [-0.2, 0) is 27.7 Å². The fourth-order valence-electron chi connectivity index (χ4n) is 3.92. The van der Waals surface area contributed by atoms with Gasteiger partial charge in [-0.25, -0.2) is 12.7 Å². The topological polar surface area (TPSA) is 111 Å². The molecule has 30 heavy (non-hydrogen) atoms. The van der Waals surface area contributed by atoms with Gasteiger partial charge in [-0.15, -0.1) is 0 Å². The predicted octanol–water partition coefficient (Wildman–Crippen LogP) is 4.27. The number of nitrogens with zero attached hydrogens (tertiary/aromatic N) is 2. The van der Waals surface area contributed by atoms with Crippen molar-refractivity contribution >= 4 is 38.3 Å². The molecule has 0 radical (unpaired) electrons. The minimum atomic E-state index is -4.35. The molecule has 1 aliphatic carbocycles. The van der Waals surface area contributed by atoms with Gasteiger partial charge in [0.25, 0.3) is 15.7 Å². The van der Waals surface area contributed by atoms with E-state index in [1.54, 1.807) is 12.1 Å². The molecule has 1 amide bonds. The number of amides is 1. The number of anilines is 1. The molecular weight excluding hydrogens is 408 g/mol. The number of aryl methyl sites for hydroxylation is 3. The Kier molecular flexibility index (Phi) is 4.85. The molecule has 0 atom stereocenters. The van der Waals surface area contributed by atoms with Gasteiger partial charge in [0.05, 0.1) is 15.5 Å². The second kappa shape index (κ2) is 7.24. The molecule has 0 spiro atoms. The van der Waals surface area contributed by atoms with Crippen LogP contribution in [0.25, 0.3) is 11.0 Å². The van der Waals surface area contributed by atoms with Crippen LogP contribution in [0.3, 0.4) is 0 Å². The van der Waals surface area contributed by atoms with Crippen molar-refractivity contribution in [3.05, 3.63) is 63.4 Å². The maximum absolute atomic E-state index is 13.3. The van der Waals surface area contributed by atoms with E-state index in [1.807, 2.05) is 0 Å². The van der Waals surface area contributed by atoms with E-state index in [0.717, 1.165) is 55.4 Å². The number of hydrogen-bond acceptors (Lipinski definition) is 6. The van der Waals surface area contributed by atoms with Gasteiger partial charge in [-0.05, 0) is 50.5 Å². The summed E-state index contributed by atoms with van der Waals surface area (Å²) < 4.78 is 33.1. The minimum absolute atomic E-state index is 0.174. The summed E-state index contributed by atoms with van der Waals surface area (Å²) in [5.74, 6) is 0.190. The Morgan fingerprint density at radius 2 is 1.87 bits per heavy atom. The van der Waals surface area contributed by atoms with Crippen molar-refractivity contribution in [1.82, 2.24) is 0 Å². The summed E-state index contributed by atoms with van der Waals surface area (Å²) in [7, 11) is -4.35. The van der Waals surface area contributed by atoms with E-state index in [1.165, 1.54) is 25.1 Å². The molecule has 0 unspecified atom stereocenters. The van der Waals surface area contributed by atoms with Crippen LogP contribution in [0, 0.1) is 17.0 Å². The van der Waals surface area contributed by atoms with Gasteiger partial charge in [-0.1, -0.05) is 6.07 Å². The number of furan rings is 1. The number of rotatable bonds is 4. The largest absolute Gasteiger partial charge is 0.461 e. The number of fused-ring (bicyclic) bond motifs is 3. The number of hydrogen-bond donors (Lipinski definition) is 0. The van der Waals surface area contributed by atoms with Crippen LogP contribution in [0.5, 0.6) is 0 Å². The maximum atomic E-state index is 13.3. The summed E-state index contributed by atoms with van der Waals surface area (Å²) in [5, 5.41) is 12.0. The summed E-state index contributed by atoms with van der Waals surface area (Å²) in [6.07, 6.45) is 3.73. The molecule has 3 aromatic rings. The van der Waals surface area contributed by atoms with Crippen LogP contribution in [0.15, 0.2) is 45.7 Å². The van der Waals surface area contributed by atoms with E-state index in [4.69, 9.17) is 4.42 Å². The summed E-state index contributed by atoms with van der Waals surface area (Å²) in [6, 6.07) is 8.43. The van der Waals surface area contributed by atoms with Crippen molar-refractivity contribution < 1.29 is 22.6 Å². The Bertz CT molecular complexity index is 1290. The lowest BCUT2D eigenvalue weighted by molar-refractivity contribution is -0.385. The van der Waals surface area contributed by atoms with E-state index in [9.17, 15) is 23.3 Å². The van der Waals surface area contributed by atoms with Gasteiger partial charge >= 0.3 is 0 Å². The quantitative estimate of drug-likeness (QED) is 0.453. The molecule has 0 saturated heterocycles. The fraction of sp³-hybridized carbons (Fsp3) is 0.286. The SMILES string of the molecule is CC(=O)N(c1ccc2oc3c(c2c1)CCCC3)S(=O)(=O)c1ccc(C)c([N+](=O)[O-])c1. The Balaban J connectivity index is 1.85. The molecule has 1 aromatic heterocycles. The number of carbonyl (C=O) groups is 1. The summed E-state index contributed by atoms with van der Waals surface area (Å²) in [6.45, 7) is 2.67. The highest BCUT2D eigenvalue weighted by molar-refractivity contribution is 7.93. The Morgan fingerprint density at radius 3 is 2.57 bits per heavy atom. The molecule has 0 aliphatic heterocycles. The van der Waals surface area contributed by atoms with E-state index in [-0.39, 0.29) is 16.3 Å². The first-order chi connectivity index (χ1) is 14.2. The highest BCUT2D eigenvalue weighted by atomic mass is 32.2. The minimum Gasteiger partial charge on any atom is -0.461 e. The van der Waals surface area contributed by atoms with Crippen LogP contribution < -0.4 is 4.31 Å². The third-order valence-corrected chi connectivity index (χ3v) is 7.17. The highest BCUT2D eigenvalue weighted by Gasteiger charge is 2.31. The molecule has 2 aromatic carbocycles. The molecule has 0 fully saturated rings. The Labute approximate surface area is 173 Å². The molecular formula is C21H20N2O6S. The van der Waals surface area contributed by atoms with Crippen molar-refractivity contribution in [3.8, 4) is 0 Å². The van der Waals surface area contributed by atoms with Gasteiger partial charge in [-0.2, -0.15) is 0 Å².